The lowest BCUT2D eigenvalue weighted by Gasteiger charge is -2.24. The quantitative estimate of drug-likeness (QED) is 0.821. The van der Waals surface area contributed by atoms with Gasteiger partial charge in [-0.1, -0.05) is 19.8 Å². The molecule has 96 valence electrons. The minimum atomic E-state index is 0.706. The Morgan fingerprint density at radius 2 is 2.24 bits per heavy atom. The van der Waals surface area contributed by atoms with E-state index in [2.05, 4.69) is 23.4 Å². The lowest BCUT2D eigenvalue weighted by molar-refractivity contribution is 0.344. The first-order valence-corrected chi connectivity index (χ1v) is 7.01. The molecule has 1 aromatic heterocycles. The van der Waals surface area contributed by atoms with Gasteiger partial charge in [-0.05, 0) is 44.2 Å². The normalized spacial score (nSPS) is 18.7. The maximum absolute atomic E-state index is 4.23. The molecule has 0 aromatic carbocycles. The number of aromatic nitrogens is 2. The van der Waals surface area contributed by atoms with E-state index < -0.39 is 0 Å². The van der Waals surface area contributed by atoms with Crippen molar-refractivity contribution in [3.8, 4) is 0 Å². The molecule has 17 heavy (non-hydrogen) atoms. The van der Waals surface area contributed by atoms with Gasteiger partial charge in [-0.3, -0.25) is 4.68 Å². The van der Waals surface area contributed by atoms with Crippen LogP contribution >= 0.6 is 0 Å². The van der Waals surface area contributed by atoms with Crippen LogP contribution in [0.2, 0.25) is 0 Å². The minimum absolute atomic E-state index is 0.706. The molecule has 0 saturated heterocycles. The van der Waals surface area contributed by atoms with Crippen LogP contribution in [0.4, 0.5) is 0 Å². The van der Waals surface area contributed by atoms with Crippen molar-refractivity contribution in [2.75, 3.05) is 6.54 Å². The van der Waals surface area contributed by atoms with Gasteiger partial charge in [-0.2, -0.15) is 5.10 Å². The SMILES string of the molecule is CCNC(CCc1ccnn1C)C1CCCC1. The van der Waals surface area contributed by atoms with Gasteiger partial charge in [0.1, 0.15) is 0 Å². The van der Waals surface area contributed by atoms with Crippen LogP contribution in [0.15, 0.2) is 12.3 Å². The first-order chi connectivity index (χ1) is 8.31. The van der Waals surface area contributed by atoms with Crippen molar-refractivity contribution in [3.63, 3.8) is 0 Å². The Hall–Kier alpha value is -0.830. The summed E-state index contributed by atoms with van der Waals surface area (Å²) in [6.45, 7) is 3.30. The molecule has 1 fully saturated rings. The van der Waals surface area contributed by atoms with E-state index >= 15 is 0 Å². The third kappa shape index (κ3) is 3.32. The molecule has 1 unspecified atom stereocenters. The Balaban J connectivity index is 1.86. The lowest BCUT2D eigenvalue weighted by Crippen LogP contribution is -2.35. The Morgan fingerprint density at radius 1 is 1.47 bits per heavy atom. The van der Waals surface area contributed by atoms with E-state index in [1.165, 1.54) is 37.8 Å². The molecule has 3 nitrogen and oxygen atoms in total. The number of hydrogen-bond acceptors (Lipinski definition) is 2. The highest BCUT2D eigenvalue weighted by Gasteiger charge is 2.24. The van der Waals surface area contributed by atoms with E-state index in [-0.39, 0.29) is 0 Å². The Kier molecular flexibility index (Phi) is 4.60. The predicted octanol–water partition coefficient (Wildman–Crippen LogP) is 2.52. The van der Waals surface area contributed by atoms with Crippen molar-refractivity contribution in [1.29, 1.82) is 0 Å². The molecule has 1 atom stereocenters. The zero-order chi connectivity index (χ0) is 12.1. The lowest BCUT2D eigenvalue weighted by atomic mass is 9.93. The maximum atomic E-state index is 4.23. The first-order valence-electron chi connectivity index (χ1n) is 7.01. The van der Waals surface area contributed by atoms with Crippen molar-refractivity contribution in [2.24, 2.45) is 13.0 Å². The zero-order valence-corrected chi connectivity index (χ0v) is 11.2. The number of nitrogens with zero attached hydrogens (tertiary/aromatic N) is 2. The highest BCUT2D eigenvalue weighted by Crippen LogP contribution is 2.29. The van der Waals surface area contributed by atoms with E-state index in [9.17, 15) is 0 Å². The second kappa shape index (κ2) is 6.20. The van der Waals surface area contributed by atoms with E-state index in [4.69, 9.17) is 0 Å². The predicted molar refractivity (Wildman–Crippen MR) is 71.0 cm³/mol. The molecule has 2 rings (SSSR count). The molecule has 1 aromatic rings. The molecule has 1 saturated carbocycles. The molecule has 1 heterocycles. The van der Waals surface area contributed by atoms with Crippen LogP contribution in [-0.2, 0) is 13.5 Å². The number of rotatable bonds is 6. The van der Waals surface area contributed by atoms with E-state index in [0.29, 0.717) is 6.04 Å². The second-order valence-electron chi connectivity index (χ2n) is 5.19. The van der Waals surface area contributed by atoms with Gasteiger partial charge in [-0.25, -0.2) is 0 Å². The average Bonchev–Trinajstić information content (AvgIpc) is 2.96. The van der Waals surface area contributed by atoms with Crippen molar-refractivity contribution in [2.45, 2.75) is 51.5 Å². The summed E-state index contributed by atoms with van der Waals surface area (Å²) in [6.07, 6.45) is 9.98. The van der Waals surface area contributed by atoms with E-state index in [0.717, 1.165) is 18.9 Å². The largest absolute Gasteiger partial charge is 0.314 e. The van der Waals surface area contributed by atoms with E-state index in [1.54, 1.807) is 0 Å². The van der Waals surface area contributed by atoms with Crippen LogP contribution < -0.4 is 5.32 Å². The molecule has 0 aliphatic heterocycles. The van der Waals surface area contributed by atoms with Crippen molar-refractivity contribution in [3.05, 3.63) is 18.0 Å². The fourth-order valence-corrected chi connectivity index (χ4v) is 3.08. The van der Waals surface area contributed by atoms with Crippen LogP contribution in [0.5, 0.6) is 0 Å². The van der Waals surface area contributed by atoms with E-state index in [1.807, 2.05) is 17.9 Å². The molecule has 1 aliphatic rings. The van der Waals surface area contributed by atoms with Gasteiger partial charge in [0.15, 0.2) is 0 Å². The van der Waals surface area contributed by atoms with Crippen molar-refractivity contribution in [1.82, 2.24) is 15.1 Å². The topological polar surface area (TPSA) is 29.9 Å². The van der Waals surface area contributed by atoms with Gasteiger partial charge >= 0.3 is 0 Å². The smallest absolute Gasteiger partial charge is 0.0492 e. The van der Waals surface area contributed by atoms with Crippen molar-refractivity contribution < 1.29 is 0 Å². The maximum Gasteiger partial charge on any atom is 0.0492 e. The summed E-state index contributed by atoms with van der Waals surface area (Å²) < 4.78 is 2.00. The standard InChI is InChI=1S/C14H25N3/c1-3-15-14(12-6-4-5-7-12)9-8-13-10-11-16-17(13)2/h10-12,14-15H,3-9H2,1-2H3. The number of hydrogen-bond donors (Lipinski definition) is 1. The number of nitrogens with one attached hydrogen (secondary N) is 1. The Bertz CT molecular complexity index is 326. The highest BCUT2D eigenvalue weighted by molar-refractivity contribution is 5.00. The zero-order valence-electron chi connectivity index (χ0n) is 11.2. The van der Waals surface area contributed by atoms with Crippen LogP contribution in [0.3, 0.4) is 0 Å². The Morgan fingerprint density at radius 3 is 2.82 bits per heavy atom. The minimum Gasteiger partial charge on any atom is -0.314 e. The van der Waals surface area contributed by atoms with Gasteiger partial charge in [0, 0.05) is 25.0 Å². The van der Waals surface area contributed by atoms with Crippen LogP contribution in [-0.4, -0.2) is 22.4 Å². The van der Waals surface area contributed by atoms with Crippen LogP contribution in [0.1, 0.15) is 44.7 Å². The molecule has 0 radical (unpaired) electrons. The average molecular weight is 235 g/mol. The summed E-state index contributed by atoms with van der Waals surface area (Å²) in [7, 11) is 2.03. The summed E-state index contributed by atoms with van der Waals surface area (Å²) in [6, 6.07) is 2.84. The highest BCUT2D eigenvalue weighted by atomic mass is 15.2. The molecular formula is C14H25N3. The summed E-state index contributed by atoms with van der Waals surface area (Å²) in [5.74, 6) is 0.906. The third-order valence-corrected chi connectivity index (χ3v) is 4.07. The fourth-order valence-electron chi connectivity index (χ4n) is 3.08. The second-order valence-corrected chi connectivity index (χ2v) is 5.19. The molecule has 1 aliphatic carbocycles. The van der Waals surface area contributed by atoms with Gasteiger partial charge < -0.3 is 5.32 Å². The molecule has 0 bridgehead atoms. The van der Waals surface area contributed by atoms with Gasteiger partial charge in [0.25, 0.3) is 0 Å². The van der Waals surface area contributed by atoms with Crippen molar-refractivity contribution >= 4 is 0 Å². The monoisotopic (exact) mass is 235 g/mol. The molecule has 0 amide bonds. The Labute approximate surface area is 105 Å². The fraction of sp³-hybridized carbons (Fsp3) is 0.786. The van der Waals surface area contributed by atoms with Gasteiger partial charge in [0.2, 0.25) is 0 Å². The van der Waals surface area contributed by atoms with Crippen LogP contribution in [0.25, 0.3) is 0 Å². The molecular weight excluding hydrogens is 210 g/mol. The molecule has 3 heteroatoms. The summed E-state index contributed by atoms with van der Waals surface area (Å²) in [5.41, 5.74) is 1.35. The number of aryl methyl sites for hydroxylation is 2. The summed E-state index contributed by atoms with van der Waals surface area (Å²) >= 11 is 0. The molecule has 0 spiro atoms. The third-order valence-electron chi connectivity index (χ3n) is 4.07. The van der Waals surface area contributed by atoms with Gasteiger partial charge in [-0.15, -0.1) is 0 Å². The molecule has 1 N–H and O–H groups in total. The van der Waals surface area contributed by atoms with Crippen LogP contribution in [0, 0.1) is 5.92 Å². The van der Waals surface area contributed by atoms with Gasteiger partial charge in [0.05, 0.1) is 0 Å². The summed E-state index contributed by atoms with van der Waals surface area (Å²) in [4.78, 5) is 0. The summed E-state index contributed by atoms with van der Waals surface area (Å²) in [5, 5.41) is 7.91. The first kappa shape index (κ1) is 12.6.